The standard InChI is InChI=1S/C10H11N2OPS2/c1-13-10-5-3-9(4-6-10)11-7-2-8-12(11)16-14-15/h2-7H,8H2,1H3. The largest absolute Gasteiger partial charge is 0.497 e. The van der Waals surface area contributed by atoms with Crippen molar-refractivity contribution < 1.29 is 4.74 Å². The quantitative estimate of drug-likeness (QED) is 0.615. The van der Waals surface area contributed by atoms with Gasteiger partial charge in [-0.2, -0.15) is 0 Å². The lowest BCUT2D eigenvalue weighted by Crippen LogP contribution is -2.27. The molecule has 0 N–H and O–H groups in total. The van der Waals surface area contributed by atoms with Crippen molar-refractivity contribution in [1.82, 2.24) is 4.41 Å². The van der Waals surface area contributed by atoms with Crippen LogP contribution in [-0.2, 0) is 11.8 Å². The number of methoxy groups -OCH3 is 1. The smallest absolute Gasteiger partial charge is 0.119 e. The summed E-state index contributed by atoms with van der Waals surface area (Å²) < 4.78 is 7.25. The lowest BCUT2D eigenvalue weighted by atomic mass is 10.3. The van der Waals surface area contributed by atoms with Crippen molar-refractivity contribution in [2.75, 3.05) is 18.7 Å². The van der Waals surface area contributed by atoms with Gasteiger partial charge in [0, 0.05) is 17.8 Å². The van der Waals surface area contributed by atoms with Gasteiger partial charge >= 0.3 is 0 Å². The highest BCUT2D eigenvalue weighted by Gasteiger charge is 2.17. The normalized spacial score (nSPS) is 15.9. The van der Waals surface area contributed by atoms with E-state index in [9.17, 15) is 0 Å². The van der Waals surface area contributed by atoms with Crippen LogP contribution in [0.3, 0.4) is 0 Å². The number of benzene rings is 1. The van der Waals surface area contributed by atoms with Crippen molar-refractivity contribution in [3.05, 3.63) is 36.5 Å². The van der Waals surface area contributed by atoms with E-state index >= 15 is 0 Å². The summed E-state index contributed by atoms with van der Waals surface area (Å²) in [7, 11) is 1.67. The third-order valence-corrected chi connectivity index (χ3v) is 4.16. The lowest BCUT2D eigenvalue weighted by molar-refractivity contribution is 0.414. The van der Waals surface area contributed by atoms with Gasteiger partial charge in [0.1, 0.15) is 5.75 Å². The second-order valence-electron chi connectivity index (χ2n) is 3.12. The third kappa shape index (κ3) is 2.55. The molecule has 16 heavy (non-hydrogen) atoms. The molecule has 0 fully saturated rings. The molecule has 0 amide bonds. The van der Waals surface area contributed by atoms with Crippen molar-refractivity contribution in [2.45, 2.75) is 0 Å². The van der Waals surface area contributed by atoms with Gasteiger partial charge in [-0.1, -0.05) is 0 Å². The molecule has 1 aromatic carbocycles. The first-order valence-corrected chi connectivity index (χ1v) is 8.01. The fourth-order valence-electron chi connectivity index (χ4n) is 1.46. The monoisotopic (exact) mass is 270 g/mol. The van der Waals surface area contributed by atoms with Crippen LogP contribution in [0.1, 0.15) is 0 Å². The van der Waals surface area contributed by atoms with Crippen LogP contribution in [0.5, 0.6) is 5.75 Å². The molecule has 1 heterocycles. The Labute approximate surface area is 106 Å². The first kappa shape index (κ1) is 11.9. The van der Waals surface area contributed by atoms with E-state index in [2.05, 4.69) is 21.7 Å². The van der Waals surface area contributed by atoms with Crippen molar-refractivity contribution >= 4 is 35.6 Å². The fourth-order valence-corrected chi connectivity index (χ4v) is 3.28. The Kier molecular flexibility index (Phi) is 4.18. The summed E-state index contributed by atoms with van der Waals surface area (Å²) in [5.41, 5.74) is 1.11. The SMILES string of the molecule is COc1ccc(N2C=CCN2SP=S)cc1. The maximum absolute atomic E-state index is 5.13. The zero-order valence-corrected chi connectivity index (χ0v) is 11.3. The molecule has 0 aliphatic carbocycles. The molecule has 84 valence electrons. The van der Waals surface area contributed by atoms with Crippen LogP contribution in [0, 0.1) is 0 Å². The van der Waals surface area contributed by atoms with Gasteiger partial charge in [-0.05, 0) is 42.1 Å². The van der Waals surface area contributed by atoms with E-state index in [0.29, 0.717) is 0 Å². The summed E-state index contributed by atoms with van der Waals surface area (Å²) in [6, 6.07) is 7.97. The molecular formula is C10H11N2OPS2. The van der Waals surface area contributed by atoms with Crippen LogP contribution in [0.4, 0.5) is 5.69 Å². The molecule has 1 aliphatic rings. The van der Waals surface area contributed by atoms with E-state index in [-0.39, 0.29) is 0 Å². The Hall–Kier alpha value is -0.610. The second kappa shape index (κ2) is 5.64. The average Bonchev–Trinajstić information content (AvgIpc) is 2.78. The molecule has 0 spiro atoms. The van der Waals surface area contributed by atoms with E-state index < -0.39 is 0 Å². The Morgan fingerprint density at radius 3 is 2.75 bits per heavy atom. The molecule has 1 aliphatic heterocycles. The average molecular weight is 270 g/mol. The summed E-state index contributed by atoms with van der Waals surface area (Å²) in [4.78, 5) is 0. The van der Waals surface area contributed by atoms with Crippen molar-refractivity contribution in [2.24, 2.45) is 0 Å². The molecule has 3 nitrogen and oxygen atoms in total. The minimum absolute atomic E-state index is 0.868. The number of hydrazine groups is 1. The van der Waals surface area contributed by atoms with E-state index in [1.807, 2.05) is 24.3 Å². The molecule has 0 unspecified atom stereocenters. The number of hydrogen-bond donors (Lipinski definition) is 0. The molecule has 0 aromatic heterocycles. The number of ether oxygens (including phenoxy) is 1. The molecule has 0 bridgehead atoms. The topological polar surface area (TPSA) is 15.7 Å². The molecule has 6 heteroatoms. The Bertz CT molecular complexity index is 396. The second-order valence-corrected chi connectivity index (χ2v) is 6.13. The minimum Gasteiger partial charge on any atom is -0.497 e. The highest BCUT2D eigenvalue weighted by molar-refractivity contribution is 8.56. The van der Waals surface area contributed by atoms with Gasteiger partial charge in [0.05, 0.1) is 25.9 Å². The van der Waals surface area contributed by atoms with Gasteiger partial charge in [-0.15, -0.1) is 4.41 Å². The van der Waals surface area contributed by atoms with Crippen LogP contribution in [0.25, 0.3) is 0 Å². The summed E-state index contributed by atoms with van der Waals surface area (Å²) in [6.07, 6.45) is 4.16. The molecule has 0 atom stereocenters. The van der Waals surface area contributed by atoms with Gasteiger partial charge in [-0.3, -0.25) is 5.01 Å². The van der Waals surface area contributed by atoms with Crippen molar-refractivity contribution in [3.63, 3.8) is 0 Å². The molecule has 0 radical (unpaired) electrons. The molecule has 0 saturated carbocycles. The van der Waals surface area contributed by atoms with E-state index in [1.54, 1.807) is 18.7 Å². The Morgan fingerprint density at radius 1 is 1.38 bits per heavy atom. The zero-order chi connectivity index (χ0) is 11.4. The first-order valence-electron chi connectivity index (χ1n) is 4.72. The Balaban J connectivity index is 2.15. The van der Waals surface area contributed by atoms with E-state index in [1.165, 1.54) is 0 Å². The maximum Gasteiger partial charge on any atom is 0.119 e. The van der Waals surface area contributed by atoms with Crippen LogP contribution >= 0.6 is 18.1 Å². The van der Waals surface area contributed by atoms with Gasteiger partial charge in [0.2, 0.25) is 0 Å². The summed E-state index contributed by atoms with van der Waals surface area (Å²) in [6.45, 7) is 1.77. The molecule has 1 aromatic rings. The van der Waals surface area contributed by atoms with Crippen LogP contribution in [-0.4, -0.2) is 18.1 Å². The van der Waals surface area contributed by atoms with E-state index in [0.717, 1.165) is 24.5 Å². The number of rotatable bonds is 4. The third-order valence-electron chi connectivity index (χ3n) is 2.21. The minimum atomic E-state index is 0.868. The van der Waals surface area contributed by atoms with Crippen molar-refractivity contribution in [3.8, 4) is 5.75 Å². The van der Waals surface area contributed by atoms with Crippen LogP contribution in [0.2, 0.25) is 0 Å². The molecular weight excluding hydrogens is 259 g/mol. The zero-order valence-electron chi connectivity index (χ0n) is 8.74. The van der Waals surface area contributed by atoms with Crippen molar-refractivity contribution in [1.29, 1.82) is 0 Å². The maximum atomic E-state index is 5.13. The van der Waals surface area contributed by atoms with Crippen LogP contribution in [0.15, 0.2) is 36.5 Å². The number of nitrogens with zero attached hydrogens (tertiary/aromatic N) is 2. The fraction of sp³-hybridized carbons (Fsp3) is 0.200. The van der Waals surface area contributed by atoms with Crippen LogP contribution < -0.4 is 9.75 Å². The summed E-state index contributed by atoms with van der Waals surface area (Å²) >= 11 is 6.55. The molecule has 2 rings (SSSR count). The summed E-state index contributed by atoms with van der Waals surface area (Å²) in [5.74, 6) is 0.868. The highest BCUT2D eigenvalue weighted by Crippen LogP contribution is 2.32. The number of hydrogen-bond acceptors (Lipinski definition) is 5. The predicted octanol–water partition coefficient (Wildman–Crippen LogP) is 3.22. The van der Waals surface area contributed by atoms with Gasteiger partial charge < -0.3 is 4.74 Å². The predicted molar refractivity (Wildman–Crippen MR) is 73.2 cm³/mol. The van der Waals surface area contributed by atoms with Gasteiger partial charge in [-0.25, -0.2) is 0 Å². The van der Waals surface area contributed by atoms with Gasteiger partial charge in [0.15, 0.2) is 0 Å². The first-order chi connectivity index (χ1) is 7.85. The Morgan fingerprint density at radius 2 is 2.12 bits per heavy atom. The number of anilines is 1. The van der Waals surface area contributed by atoms with E-state index in [4.69, 9.17) is 16.5 Å². The summed E-state index contributed by atoms with van der Waals surface area (Å²) in [5, 5.41) is 2.09. The highest BCUT2D eigenvalue weighted by atomic mass is 32.9. The van der Waals surface area contributed by atoms with Gasteiger partial charge in [0.25, 0.3) is 0 Å². The lowest BCUT2D eigenvalue weighted by Gasteiger charge is -2.25. The molecule has 0 saturated heterocycles.